The molecular weight excluding hydrogens is 870 g/mol. The number of carbonyl (C=O) groups excluding carboxylic acids is 5. The number of carbonyl (C=O) groups is 5. The minimum atomic E-state index is -1.02. The average Bonchev–Trinajstić information content (AvgIpc) is 3.54. The van der Waals surface area contributed by atoms with Gasteiger partial charge in [0.2, 0.25) is 17.8 Å². The van der Waals surface area contributed by atoms with Crippen molar-refractivity contribution in [1.29, 1.82) is 0 Å². The van der Waals surface area contributed by atoms with Gasteiger partial charge in [0.1, 0.15) is 16.8 Å². The number of nitrogens with one attached hydrogen (secondary N) is 3. The smallest absolute Gasteiger partial charge is 0.293 e. The molecule has 1 saturated carbocycles. The Balaban J connectivity index is 0.758. The Labute approximate surface area is 386 Å². The number of hydrogen-bond acceptors (Lipinski definition) is 14. The Morgan fingerprint density at radius 3 is 2.32 bits per heavy atom. The lowest BCUT2D eigenvalue weighted by molar-refractivity contribution is -0.136. The van der Waals surface area contributed by atoms with E-state index in [2.05, 4.69) is 30.7 Å². The van der Waals surface area contributed by atoms with Gasteiger partial charge in [-0.25, -0.2) is 4.98 Å². The third-order valence-corrected chi connectivity index (χ3v) is 13.9. The van der Waals surface area contributed by atoms with E-state index in [1.54, 1.807) is 36.1 Å². The monoisotopic (exact) mass is 923 g/mol. The number of ether oxygens (including phenoxy) is 3. The lowest BCUT2D eigenvalue weighted by Gasteiger charge is -2.47. The van der Waals surface area contributed by atoms with E-state index >= 15 is 0 Å². The van der Waals surface area contributed by atoms with Gasteiger partial charge in [0.05, 0.1) is 42.2 Å². The Kier molecular flexibility index (Phi) is 12.7. The van der Waals surface area contributed by atoms with Gasteiger partial charge in [0.15, 0.2) is 18.2 Å². The molecule has 5 aliphatic rings. The van der Waals surface area contributed by atoms with Crippen molar-refractivity contribution in [1.82, 2.24) is 35.0 Å². The lowest BCUT2D eigenvalue weighted by atomic mass is 9.82. The lowest BCUT2D eigenvalue weighted by Crippen LogP contribution is -2.54. The second-order valence-corrected chi connectivity index (χ2v) is 18.4. The number of fused-ring (bicyclic) bond motifs is 2. The number of halogens is 1. The third kappa shape index (κ3) is 8.80. The van der Waals surface area contributed by atoms with Gasteiger partial charge in [-0.1, -0.05) is 11.6 Å². The van der Waals surface area contributed by atoms with Crippen LogP contribution in [0.4, 0.5) is 17.5 Å². The van der Waals surface area contributed by atoms with Crippen molar-refractivity contribution in [2.45, 2.75) is 101 Å². The van der Waals surface area contributed by atoms with Crippen LogP contribution in [0.3, 0.4) is 0 Å². The quantitative estimate of drug-likeness (QED) is 0.156. The third-order valence-electron chi connectivity index (χ3n) is 13.6. The molecule has 4 aromatic rings. The largest absolute Gasteiger partial charge is 0.496 e. The van der Waals surface area contributed by atoms with Gasteiger partial charge in [0.25, 0.3) is 23.3 Å². The molecule has 4 aliphatic heterocycles. The van der Waals surface area contributed by atoms with Gasteiger partial charge in [-0.05, 0) is 120 Å². The van der Waals surface area contributed by atoms with Crippen LogP contribution in [0.1, 0.15) is 103 Å². The number of hydrogen-bond donors (Lipinski definition) is 3. The van der Waals surface area contributed by atoms with Gasteiger partial charge in [0, 0.05) is 49.7 Å². The summed E-state index contributed by atoms with van der Waals surface area (Å²) in [6, 6.07) is 9.95. The molecule has 5 amide bonds. The Morgan fingerprint density at radius 2 is 1.64 bits per heavy atom. The number of aromatic nitrogens is 3. The number of anilines is 3. The fourth-order valence-electron chi connectivity index (χ4n) is 9.96. The molecule has 1 atom stereocenters. The van der Waals surface area contributed by atoms with Crippen LogP contribution in [0.25, 0.3) is 10.9 Å². The average molecular weight is 924 g/mol. The molecule has 0 bridgehead atoms. The van der Waals surface area contributed by atoms with Crippen LogP contribution < -0.4 is 35.9 Å². The summed E-state index contributed by atoms with van der Waals surface area (Å²) < 4.78 is 19.6. The summed E-state index contributed by atoms with van der Waals surface area (Å²) in [5.41, 5.74) is 2.51. The maximum absolute atomic E-state index is 13.5. The number of nitrogens with zero attached hydrogens (tertiary/aromatic N) is 6. The number of benzene rings is 2. The first-order chi connectivity index (χ1) is 31.8. The van der Waals surface area contributed by atoms with Crippen molar-refractivity contribution in [2.75, 3.05) is 57.2 Å². The normalized spacial score (nSPS) is 21.8. The van der Waals surface area contributed by atoms with Crippen LogP contribution in [0.5, 0.6) is 11.5 Å². The maximum atomic E-state index is 13.5. The van der Waals surface area contributed by atoms with Crippen molar-refractivity contribution >= 4 is 69.5 Å². The number of likely N-dealkylation sites (tertiary alicyclic amines) is 1. The zero-order valence-corrected chi connectivity index (χ0v) is 38.2. The molecule has 2 aromatic heterocycles. The molecular formula is C47H54ClN9O9. The number of piperidine rings is 3. The maximum Gasteiger partial charge on any atom is 0.293 e. The van der Waals surface area contributed by atoms with Crippen LogP contribution in [0.2, 0.25) is 5.02 Å². The summed E-state index contributed by atoms with van der Waals surface area (Å²) in [4.78, 5) is 91.3. The first-order valence-corrected chi connectivity index (χ1v) is 23.1. The van der Waals surface area contributed by atoms with Gasteiger partial charge in [-0.3, -0.25) is 39.0 Å². The summed E-state index contributed by atoms with van der Waals surface area (Å²) >= 11 is 6.60. The number of methoxy groups -OCH3 is 1. The second kappa shape index (κ2) is 18.6. The van der Waals surface area contributed by atoms with E-state index < -0.39 is 29.7 Å². The molecule has 6 heterocycles. The first-order valence-electron chi connectivity index (χ1n) is 22.7. The highest BCUT2D eigenvalue weighted by atomic mass is 35.5. The highest BCUT2D eigenvalue weighted by molar-refractivity contribution is 6.33. The van der Waals surface area contributed by atoms with Gasteiger partial charge in [-0.15, -0.1) is 0 Å². The number of likely N-dealkylation sites (N-methyl/N-ethyl adjacent to an activating group) is 1. The predicted molar refractivity (Wildman–Crippen MR) is 245 cm³/mol. The van der Waals surface area contributed by atoms with Crippen LogP contribution in [0.15, 0.2) is 47.4 Å². The van der Waals surface area contributed by atoms with E-state index in [1.165, 1.54) is 7.05 Å². The van der Waals surface area contributed by atoms with E-state index in [1.807, 2.05) is 32.0 Å². The highest BCUT2D eigenvalue weighted by Gasteiger charge is 2.46. The van der Waals surface area contributed by atoms with Crippen LogP contribution >= 0.6 is 11.6 Å². The topological polar surface area (TPSA) is 207 Å². The highest BCUT2D eigenvalue weighted by Crippen LogP contribution is 2.41. The van der Waals surface area contributed by atoms with E-state index in [-0.39, 0.29) is 72.0 Å². The predicted octanol–water partition coefficient (Wildman–Crippen LogP) is 4.70. The first kappa shape index (κ1) is 45.1. The van der Waals surface area contributed by atoms with Crippen LogP contribution in [0, 0.1) is 0 Å². The molecule has 3 N–H and O–H groups in total. The summed E-state index contributed by atoms with van der Waals surface area (Å²) in [5, 5.41) is 9.18. The molecule has 9 rings (SSSR count). The summed E-state index contributed by atoms with van der Waals surface area (Å²) in [5.74, 6) is -0.623. The summed E-state index contributed by atoms with van der Waals surface area (Å²) in [6.07, 6.45) is 7.50. The fraction of sp³-hybridized carbons (Fsp3) is 0.489. The SMILES string of the molecule is CNC(=O)COc1cc2cc(Nc3nc(N4CCC(OC5CC(N6CCC(c7cc8c(cc7OC)C(=O)N([C@@H]7CCC(=O)NC7=O)C8=O)CC6)C5)CC4)ncc3Cl)ccc2n(C(C)C)c1=O. The van der Waals surface area contributed by atoms with Gasteiger partial charge < -0.3 is 39.2 Å². The van der Waals surface area contributed by atoms with Crippen LogP contribution in [-0.2, 0) is 19.1 Å². The number of imide groups is 2. The van der Waals surface area contributed by atoms with Crippen molar-refractivity contribution in [3.63, 3.8) is 0 Å². The number of rotatable bonds is 13. The van der Waals surface area contributed by atoms with E-state index in [4.69, 9.17) is 30.8 Å². The minimum Gasteiger partial charge on any atom is -0.496 e. The zero-order valence-electron chi connectivity index (χ0n) is 37.4. The molecule has 0 spiro atoms. The molecule has 3 saturated heterocycles. The number of amides is 5. The van der Waals surface area contributed by atoms with Gasteiger partial charge in [-0.2, -0.15) is 4.98 Å². The van der Waals surface area contributed by atoms with E-state index in [9.17, 15) is 28.8 Å². The number of pyridine rings is 1. The Morgan fingerprint density at radius 1 is 0.909 bits per heavy atom. The van der Waals surface area contributed by atoms with E-state index in [0.29, 0.717) is 34.3 Å². The minimum absolute atomic E-state index is 0.0674. The Hall–Kier alpha value is -6.11. The van der Waals surface area contributed by atoms with E-state index in [0.717, 1.165) is 86.1 Å². The molecule has 18 nitrogen and oxygen atoms in total. The van der Waals surface area contributed by atoms with Crippen LogP contribution in [-0.4, -0.2) is 125 Å². The molecule has 0 radical (unpaired) electrons. The van der Waals surface area contributed by atoms with Gasteiger partial charge >= 0.3 is 0 Å². The molecule has 2 aromatic carbocycles. The standard InChI is InChI=1S/C47H54ClN9O9/c1-25(2)56-36-6-5-28(17-27(36)18-39(46(56)63)65-24-41(59)49-3)51-42-35(48)23-50-47(53-42)55-15-11-30(12-16-55)66-31-19-29(20-31)54-13-9-26(10-14-54)32-21-33-34(22-38(32)64-4)45(62)57(44(33)61)37-7-8-40(58)52-43(37)60/h5-6,17-18,21-23,25-26,29-31,37H,7-16,19-20,24H2,1-4H3,(H,49,59)(H,50,51,53)(H,52,58,60)/t29?,31?,37-/m1/s1. The fourth-order valence-corrected chi connectivity index (χ4v) is 10.1. The molecule has 66 heavy (non-hydrogen) atoms. The molecule has 4 fully saturated rings. The van der Waals surface area contributed by atoms with Crippen molar-refractivity contribution < 1.29 is 38.2 Å². The summed E-state index contributed by atoms with van der Waals surface area (Å²) in [6.45, 7) is 6.82. The molecule has 348 valence electrons. The Bertz CT molecular complexity index is 2650. The van der Waals surface area contributed by atoms with Crippen molar-refractivity contribution in [2.24, 2.45) is 0 Å². The molecule has 0 unspecified atom stereocenters. The molecule has 19 heteroatoms. The van der Waals surface area contributed by atoms with Crippen molar-refractivity contribution in [3.8, 4) is 11.5 Å². The summed E-state index contributed by atoms with van der Waals surface area (Å²) in [7, 11) is 3.07. The second-order valence-electron chi connectivity index (χ2n) is 18.0. The zero-order chi connectivity index (χ0) is 46.4. The van der Waals surface area contributed by atoms with Crippen molar-refractivity contribution in [3.05, 3.63) is 74.7 Å². The molecule has 1 aliphatic carbocycles.